The van der Waals surface area contributed by atoms with Gasteiger partial charge in [0.05, 0.1) is 19.1 Å². The number of hydrogen-bond donors (Lipinski definition) is 1. The second-order valence-corrected chi connectivity index (χ2v) is 10.4. The minimum absolute atomic E-state index is 0.219. The number of benzene rings is 2. The van der Waals surface area contributed by atoms with E-state index in [0.29, 0.717) is 17.3 Å². The van der Waals surface area contributed by atoms with E-state index >= 15 is 0 Å². The van der Waals surface area contributed by atoms with Crippen LogP contribution in [0.15, 0.2) is 42.5 Å². The molecule has 2 aromatic rings. The van der Waals surface area contributed by atoms with Gasteiger partial charge in [-0.15, -0.1) is 0 Å². The highest BCUT2D eigenvalue weighted by Crippen LogP contribution is 2.34. The summed E-state index contributed by atoms with van der Waals surface area (Å²) in [5, 5.41) is 3.18. The van der Waals surface area contributed by atoms with Gasteiger partial charge in [-0.25, -0.2) is 8.42 Å². The zero-order valence-corrected chi connectivity index (χ0v) is 20.2. The molecule has 0 radical (unpaired) electrons. The molecule has 7 nitrogen and oxygen atoms in total. The molecule has 9 heteroatoms. The highest BCUT2D eigenvalue weighted by molar-refractivity contribution is 7.92. The summed E-state index contributed by atoms with van der Waals surface area (Å²) in [5.41, 5.74) is 2.41. The summed E-state index contributed by atoms with van der Waals surface area (Å²) < 4.78 is 31.4. The van der Waals surface area contributed by atoms with Crippen molar-refractivity contribution in [2.45, 2.75) is 38.9 Å². The summed E-state index contributed by atoms with van der Waals surface area (Å²) in [7, 11) is -2.35. The van der Waals surface area contributed by atoms with Crippen molar-refractivity contribution in [2.24, 2.45) is 0 Å². The summed E-state index contributed by atoms with van der Waals surface area (Å²) >= 11 is 6.08. The number of carbonyl (C=O) groups is 1. The Kier molecular flexibility index (Phi) is 8.03. The van der Waals surface area contributed by atoms with Gasteiger partial charge in [0.15, 0.2) is 0 Å². The van der Waals surface area contributed by atoms with Crippen molar-refractivity contribution in [2.75, 3.05) is 30.8 Å². The molecule has 0 aliphatic carbocycles. The van der Waals surface area contributed by atoms with Crippen LogP contribution in [0.1, 0.15) is 30.9 Å². The van der Waals surface area contributed by atoms with Gasteiger partial charge in [-0.2, -0.15) is 0 Å². The lowest BCUT2D eigenvalue weighted by atomic mass is 10.1. The Hall–Kier alpha value is -2.29. The Morgan fingerprint density at radius 3 is 2.38 bits per heavy atom. The Morgan fingerprint density at radius 2 is 1.78 bits per heavy atom. The predicted octanol–water partition coefficient (Wildman–Crippen LogP) is 3.42. The number of anilines is 1. The lowest BCUT2D eigenvalue weighted by molar-refractivity contribution is -0.122. The van der Waals surface area contributed by atoms with Crippen LogP contribution < -0.4 is 14.4 Å². The monoisotopic (exact) mass is 479 g/mol. The highest BCUT2D eigenvalue weighted by Gasteiger charge is 2.31. The third-order valence-electron chi connectivity index (χ3n) is 5.56. The van der Waals surface area contributed by atoms with Crippen molar-refractivity contribution < 1.29 is 17.9 Å². The first kappa shape index (κ1) is 24.4. The number of sulfonamides is 1. The van der Waals surface area contributed by atoms with Gasteiger partial charge in [-0.05, 0) is 62.2 Å². The third kappa shape index (κ3) is 6.15. The first-order valence-corrected chi connectivity index (χ1v) is 12.8. The summed E-state index contributed by atoms with van der Waals surface area (Å²) in [4.78, 5) is 15.3. The fraction of sp³-hybridized carbons (Fsp3) is 0.435. The van der Waals surface area contributed by atoms with E-state index in [4.69, 9.17) is 16.3 Å². The fourth-order valence-electron chi connectivity index (χ4n) is 3.91. The third-order valence-corrected chi connectivity index (χ3v) is 7.02. The van der Waals surface area contributed by atoms with E-state index in [1.54, 1.807) is 12.1 Å². The smallest absolute Gasteiger partial charge is 0.243 e. The molecule has 0 bridgehead atoms. The van der Waals surface area contributed by atoms with Crippen molar-refractivity contribution in [3.8, 4) is 5.75 Å². The molecule has 1 aliphatic heterocycles. The molecule has 1 N–H and O–H groups in total. The largest absolute Gasteiger partial charge is 0.495 e. The van der Waals surface area contributed by atoms with E-state index in [9.17, 15) is 13.2 Å². The second kappa shape index (κ2) is 10.6. The Labute approximate surface area is 195 Å². The van der Waals surface area contributed by atoms with Crippen LogP contribution in [0.4, 0.5) is 5.69 Å². The van der Waals surface area contributed by atoms with Gasteiger partial charge in [-0.1, -0.05) is 35.9 Å². The van der Waals surface area contributed by atoms with Gasteiger partial charge in [0, 0.05) is 18.1 Å². The molecule has 1 amide bonds. The van der Waals surface area contributed by atoms with E-state index in [1.807, 2.05) is 12.1 Å². The van der Waals surface area contributed by atoms with E-state index < -0.39 is 22.0 Å². The quantitative estimate of drug-likeness (QED) is 0.596. The molecule has 0 spiro atoms. The molecule has 1 saturated heterocycles. The maximum Gasteiger partial charge on any atom is 0.243 e. The van der Waals surface area contributed by atoms with Crippen LogP contribution >= 0.6 is 11.6 Å². The van der Waals surface area contributed by atoms with E-state index in [0.717, 1.165) is 35.8 Å². The van der Waals surface area contributed by atoms with Crippen LogP contribution in [0.3, 0.4) is 0 Å². The number of nitrogens with one attached hydrogen (secondary N) is 1. The molecule has 3 rings (SSSR count). The first-order valence-electron chi connectivity index (χ1n) is 10.6. The van der Waals surface area contributed by atoms with E-state index in [1.165, 1.54) is 38.5 Å². The van der Waals surface area contributed by atoms with Crippen molar-refractivity contribution in [1.82, 2.24) is 10.2 Å². The number of likely N-dealkylation sites (tertiary alicyclic amines) is 1. The van der Waals surface area contributed by atoms with Gasteiger partial charge in [0.1, 0.15) is 11.8 Å². The molecule has 1 fully saturated rings. The maximum atomic E-state index is 12.9. The molecule has 0 saturated carbocycles. The zero-order valence-electron chi connectivity index (χ0n) is 18.7. The number of ether oxygens (including phenoxy) is 1. The molecule has 2 aromatic carbocycles. The lowest BCUT2D eigenvalue weighted by Crippen LogP contribution is -2.47. The second-order valence-electron chi connectivity index (χ2n) is 8.07. The van der Waals surface area contributed by atoms with Gasteiger partial charge >= 0.3 is 0 Å². The highest BCUT2D eigenvalue weighted by atomic mass is 35.5. The van der Waals surface area contributed by atoms with Crippen LogP contribution in [-0.2, 0) is 27.9 Å². The van der Waals surface area contributed by atoms with Crippen molar-refractivity contribution in [1.29, 1.82) is 0 Å². The number of carbonyl (C=O) groups excluding carboxylic acids is 1. The van der Waals surface area contributed by atoms with Crippen molar-refractivity contribution in [3.05, 3.63) is 58.6 Å². The Bertz CT molecular complexity index is 1040. The fourth-order valence-corrected chi connectivity index (χ4v) is 5.25. The molecule has 1 heterocycles. The minimum Gasteiger partial charge on any atom is -0.495 e. The molecular formula is C23H30ClN3O4S. The first-order chi connectivity index (χ1) is 15.2. The lowest BCUT2D eigenvalue weighted by Gasteiger charge is -2.29. The van der Waals surface area contributed by atoms with E-state index in [-0.39, 0.29) is 5.69 Å². The van der Waals surface area contributed by atoms with Crippen LogP contribution in [0.5, 0.6) is 5.75 Å². The standard InChI is InChI=1S/C23H30ClN3O4S/c1-17(27(32(3,29)30)21-14-20(24)10-11-22(21)31-2)23(28)25-15-18-6-8-19(9-7-18)16-26-12-4-5-13-26/h6-11,14,17H,4-5,12-13,15-16H2,1-3H3,(H,25,28)/t17-/m0/s1. The Balaban J connectivity index is 1.68. The number of halogens is 1. The maximum absolute atomic E-state index is 12.9. The topological polar surface area (TPSA) is 79.0 Å². The van der Waals surface area contributed by atoms with Gasteiger partial charge in [0.2, 0.25) is 15.9 Å². The summed E-state index contributed by atoms with van der Waals surface area (Å²) in [6.07, 6.45) is 3.57. The summed E-state index contributed by atoms with van der Waals surface area (Å²) in [6.45, 7) is 5.07. The van der Waals surface area contributed by atoms with Gasteiger partial charge < -0.3 is 10.1 Å². The average molecular weight is 480 g/mol. The molecule has 32 heavy (non-hydrogen) atoms. The zero-order chi connectivity index (χ0) is 23.3. The summed E-state index contributed by atoms with van der Waals surface area (Å²) in [5.74, 6) is -0.105. The molecule has 1 aliphatic rings. The normalized spacial score (nSPS) is 15.4. The van der Waals surface area contributed by atoms with Crippen LogP contribution in [0, 0.1) is 0 Å². The number of rotatable bonds is 9. The average Bonchev–Trinajstić information content (AvgIpc) is 3.25. The van der Waals surface area contributed by atoms with Crippen molar-refractivity contribution >= 4 is 33.2 Å². The van der Waals surface area contributed by atoms with Crippen LogP contribution in [0.2, 0.25) is 5.02 Å². The minimum atomic E-state index is -3.78. The number of methoxy groups -OCH3 is 1. The number of hydrogen-bond acceptors (Lipinski definition) is 5. The molecule has 0 unspecified atom stereocenters. The van der Waals surface area contributed by atoms with Crippen LogP contribution in [-0.4, -0.2) is 51.7 Å². The summed E-state index contributed by atoms with van der Waals surface area (Å²) in [6, 6.07) is 11.8. The van der Waals surface area contributed by atoms with E-state index in [2.05, 4.69) is 22.3 Å². The van der Waals surface area contributed by atoms with Crippen molar-refractivity contribution in [3.63, 3.8) is 0 Å². The molecular weight excluding hydrogens is 450 g/mol. The molecule has 1 atom stereocenters. The SMILES string of the molecule is COc1ccc(Cl)cc1N([C@@H](C)C(=O)NCc1ccc(CN2CCCC2)cc1)S(C)(=O)=O. The van der Waals surface area contributed by atoms with Gasteiger partial charge in [-0.3, -0.25) is 14.0 Å². The van der Waals surface area contributed by atoms with Crippen LogP contribution in [0.25, 0.3) is 0 Å². The molecule has 0 aromatic heterocycles. The predicted molar refractivity (Wildman–Crippen MR) is 128 cm³/mol. The Morgan fingerprint density at radius 1 is 1.16 bits per heavy atom. The molecule has 174 valence electrons. The number of nitrogens with zero attached hydrogens (tertiary/aromatic N) is 2. The number of amides is 1. The van der Waals surface area contributed by atoms with Gasteiger partial charge in [0.25, 0.3) is 0 Å².